The summed E-state index contributed by atoms with van der Waals surface area (Å²) < 4.78 is 0. The van der Waals surface area contributed by atoms with Crippen molar-refractivity contribution in [3.63, 3.8) is 0 Å². The molecular formula is C25H35N5O2. The Morgan fingerprint density at radius 3 is 2.62 bits per heavy atom. The van der Waals surface area contributed by atoms with E-state index in [9.17, 15) is 9.59 Å². The van der Waals surface area contributed by atoms with Gasteiger partial charge in [-0.25, -0.2) is 0 Å². The van der Waals surface area contributed by atoms with Gasteiger partial charge in [0.2, 0.25) is 11.8 Å². The fraction of sp³-hybridized carbons (Fsp3) is 0.560. The van der Waals surface area contributed by atoms with Crippen LogP contribution in [0.25, 0.3) is 10.9 Å². The van der Waals surface area contributed by atoms with Crippen LogP contribution in [0.1, 0.15) is 38.2 Å². The van der Waals surface area contributed by atoms with Crippen LogP contribution in [-0.2, 0) is 16.0 Å². The first kappa shape index (κ1) is 22.7. The molecule has 1 atom stereocenters. The van der Waals surface area contributed by atoms with Crippen LogP contribution in [0.4, 0.5) is 0 Å². The molecule has 2 N–H and O–H groups in total. The average molecular weight is 438 g/mol. The van der Waals surface area contributed by atoms with Gasteiger partial charge in [-0.1, -0.05) is 37.1 Å². The zero-order chi connectivity index (χ0) is 22.3. The third-order valence-electron chi connectivity index (χ3n) is 6.84. The smallest absolute Gasteiger partial charge is 0.237 e. The van der Waals surface area contributed by atoms with Gasteiger partial charge in [0.15, 0.2) is 0 Å². The van der Waals surface area contributed by atoms with Gasteiger partial charge in [-0.05, 0) is 37.8 Å². The molecule has 1 aliphatic heterocycles. The molecule has 1 aromatic heterocycles. The second kappa shape index (κ2) is 10.9. The van der Waals surface area contributed by atoms with Crippen molar-refractivity contribution in [2.75, 3.05) is 39.3 Å². The molecule has 2 aliphatic rings. The van der Waals surface area contributed by atoms with Gasteiger partial charge in [-0.3, -0.25) is 24.4 Å². The molecule has 32 heavy (non-hydrogen) atoms. The quantitative estimate of drug-likeness (QED) is 0.660. The summed E-state index contributed by atoms with van der Waals surface area (Å²) in [6.07, 6.45) is 7.24. The van der Waals surface area contributed by atoms with Gasteiger partial charge in [0.25, 0.3) is 0 Å². The maximum absolute atomic E-state index is 12.5. The Labute approximate surface area is 190 Å². The fourth-order valence-corrected chi connectivity index (χ4v) is 4.83. The van der Waals surface area contributed by atoms with E-state index in [2.05, 4.69) is 43.6 Å². The standard InChI is InChI=1S/C25H35N5O2/c1-19(25(32)28-22-9-2-3-10-22)30-16-14-29(15-17-30)18-23(31)26-13-11-21-7-4-6-20-8-5-12-27-24(20)21/h4-8,12,19,22H,2-3,9-11,13-18H2,1H3,(H,26,31)(H,28,32). The van der Waals surface area contributed by atoms with Crippen LogP contribution in [0.15, 0.2) is 36.5 Å². The van der Waals surface area contributed by atoms with E-state index in [0.29, 0.717) is 19.1 Å². The molecule has 172 valence electrons. The van der Waals surface area contributed by atoms with Crippen LogP contribution < -0.4 is 10.6 Å². The molecular weight excluding hydrogens is 402 g/mol. The summed E-state index contributed by atoms with van der Waals surface area (Å²) in [5, 5.41) is 7.38. The molecule has 2 fully saturated rings. The van der Waals surface area contributed by atoms with Crippen molar-refractivity contribution in [1.82, 2.24) is 25.4 Å². The number of piperazine rings is 1. The number of hydrogen-bond donors (Lipinski definition) is 2. The van der Waals surface area contributed by atoms with Crippen molar-refractivity contribution in [2.45, 2.75) is 51.1 Å². The minimum Gasteiger partial charge on any atom is -0.355 e. The maximum Gasteiger partial charge on any atom is 0.237 e. The first-order valence-corrected chi connectivity index (χ1v) is 12.0. The topological polar surface area (TPSA) is 77.6 Å². The van der Waals surface area contributed by atoms with Crippen LogP contribution in [-0.4, -0.2) is 78.0 Å². The number of para-hydroxylation sites is 1. The van der Waals surface area contributed by atoms with Crippen molar-refractivity contribution in [3.05, 3.63) is 42.1 Å². The van der Waals surface area contributed by atoms with Gasteiger partial charge in [-0.2, -0.15) is 0 Å². The molecule has 1 unspecified atom stereocenters. The third-order valence-corrected chi connectivity index (χ3v) is 6.84. The summed E-state index contributed by atoms with van der Waals surface area (Å²) in [6, 6.07) is 10.4. The molecule has 2 aromatic rings. The van der Waals surface area contributed by atoms with Crippen LogP contribution in [0.3, 0.4) is 0 Å². The first-order chi connectivity index (χ1) is 15.6. The highest BCUT2D eigenvalue weighted by Crippen LogP contribution is 2.18. The van der Waals surface area contributed by atoms with Gasteiger partial charge in [0.05, 0.1) is 18.1 Å². The molecule has 1 saturated carbocycles. The Bertz CT molecular complexity index is 914. The lowest BCUT2D eigenvalue weighted by Gasteiger charge is -2.37. The molecule has 4 rings (SSSR count). The van der Waals surface area contributed by atoms with Crippen molar-refractivity contribution in [3.8, 4) is 0 Å². The lowest BCUT2D eigenvalue weighted by Crippen LogP contribution is -2.55. The highest BCUT2D eigenvalue weighted by molar-refractivity contribution is 5.82. The lowest BCUT2D eigenvalue weighted by atomic mass is 10.1. The monoisotopic (exact) mass is 437 g/mol. The van der Waals surface area contributed by atoms with Gasteiger partial charge >= 0.3 is 0 Å². The van der Waals surface area contributed by atoms with E-state index < -0.39 is 0 Å². The number of fused-ring (bicyclic) bond motifs is 1. The number of pyridine rings is 1. The lowest BCUT2D eigenvalue weighted by molar-refractivity contribution is -0.128. The molecule has 1 saturated heterocycles. The summed E-state index contributed by atoms with van der Waals surface area (Å²) in [6.45, 7) is 6.25. The van der Waals surface area contributed by atoms with E-state index in [1.165, 1.54) is 12.8 Å². The van der Waals surface area contributed by atoms with Gasteiger partial charge < -0.3 is 10.6 Å². The number of carbonyl (C=O) groups excluding carboxylic acids is 2. The molecule has 2 heterocycles. The van der Waals surface area contributed by atoms with Crippen molar-refractivity contribution < 1.29 is 9.59 Å². The number of amides is 2. The van der Waals surface area contributed by atoms with Gasteiger partial charge in [-0.15, -0.1) is 0 Å². The second-order valence-corrected chi connectivity index (χ2v) is 9.07. The summed E-state index contributed by atoms with van der Waals surface area (Å²) in [7, 11) is 0. The number of hydrogen-bond acceptors (Lipinski definition) is 5. The van der Waals surface area contributed by atoms with E-state index in [1.807, 2.05) is 25.3 Å². The Hall–Kier alpha value is -2.51. The Morgan fingerprint density at radius 1 is 1.09 bits per heavy atom. The molecule has 0 spiro atoms. The maximum atomic E-state index is 12.5. The van der Waals surface area contributed by atoms with E-state index >= 15 is 0 Å². The molecule has 7 nitrogen and oxygen atoms in total. The van der Waals surface area contributed by atoms with E-state index in [0.717, 1.165) is 61.9 Å². The molecule has 2 amide bonds. The first-order valence-electron chi connectivity index (χ1n) is 12.0. The highest BCUT2D eigenvalue weighted by Gasteiger charge is 2.28. The summed E-state index contributed by atoms with van der Waals surface area (Å²) in [5.74, 6) is 0.199. The van der Waals surface area contributed by atoms with Crippen LogP contribution >= 0.6 is 0 Å². The Morgan fingerprint density at radius 2 is 1.84 bits per heavy atom. The Kier molecular flexibility index (Phi) is 7.71. The van der Waals surface area contributed by atoms with Crippen molar-refractivity contribution in [1.29, 1.82) is 0 Å². The number of carbonyl (C=O) groups is 2. The fourth-order valence-electron chi connectivity index (χ4n) is 4.83. The molecule has 0 bridgehead atoms. The number of nitrogens with zero attached hydrogens (tertiary/aromatic N) is 3. The third kappa shape index (κ3) is 5.84. The van der Waals surface area contributed by atoms with E-state index in [1.54, 1.807) is 0 Å². The number of benzene rings is 1. The van der Waals surface area contributed by atoms with Gasteiger partial charge in [0.1, 0.15) is 0 Å². The predicted molar refractivity (Wildman–Crippen MR) is 126 cm³/mol. The predicted octanol–water partition coefficient (Wildman–Crippen LogP) is 1.96. The largest absolute Gasteiger partial charge is 0.355 e. The van der Waals surface area contributed by atoms with Crippen molar-refractivity contribution in [2.24, 2.45) is 0 Å². The summed E-state index contributed by atoms with van der Waals surface area (Å²) in [4.78, 5) is 33.9. The second-order valence-electron chi connectivity index (χ2n) is 9.07. The van der Waals surface area contributed by atoms with Crippen LogP contribution in [0, 0.1) is 0 Å². The number of nitrogens with one attached hydrogen (secondary N) is 2. The minimum atomic E-state index is -0.110. The van der Waals surface area contributed by atoms with E-state index in [4.69, 9.17) is 0 Å². The number of aromatic nitrogens is 1. The SMILES string of the molecule is CC(C(=O)NC1CCCC1)N1CCN(CC(=O)NCCc2cccc3cccnc23)CC1. The molecule has 1 aromatic carbocycles. The zero-order valence-electron chi connectivity index (χ0n) is 19.1. The van der Waals surface area contributed by atoms with Gasteiger partial charge in [0, 0.05) is 50.3 Å². The number of rotatable bonds is 8. The zero-order valence-corrected chi connectivity index (χ0v) is 19.1. The summed E-state index contributed by atoms with van der Waals surface area (Å²) in [5.41, 5.74) is 2.16. The summed E-state index contributed by atoms with van der Waals surface area (Å²) >= 11 is 0. The molecule has 7 heteroatoms. The van der Waals surface area contributed by atoms with Crippen molar-refractivity contribution >= 4 is 22.7 Å². The normalized spacial score (nSPS) is 19.2. The van der Waals surface area contributed by atoms with Crippen LogP contribution in [0.2, 0.25) is 0 Å². The van der Waals surface area contributed by atoms with E-state index in [-0.39, 0.29) is 17.9 Å². The Balaban J connectivity index is 1.16. The average Bonchev–Trinajstić information content (AvgIpc) is 3.32. The van der Waals surface area contributed by atoms with Crippen LogP contribution in [0.5, 0.6) is 0 Å². The molecule has 1 aliphatic carbocycles. The highest BCUT2D eigenvalue weighted by atomic mass is 16.2. The molecule has 0 radical (unpaired) electrons. The minimum absolute atomic E-state index is 0.0543.